The van der Waals surface area contributed by atoms with Gasteiger partial charge in [0.1, 0.15) is 5.82 Å². The second-order valence-corrected chi connectivity index (χ2v) is 10.5. The lowest BCUT2D eigenvalue weighted by Crippen LogP contribution is -2.34. The summed E-state index contributed by atoms with van der Waals surface area (Å²) in [5.74, 6) is 2.96. The monoisotopic (exact) mass is 414 g/mol. The molecule has 0 N–H and O–H groups in total. The normalized spacial score (nSPS) is 31.2. The maximum atomic E-state index is 15.6. The van der Waals surface area contributed by atoms with Gasteiger partial charge >= 0.3 is 0 Å². The molecule has 3 aliphatic carbocycles. The summed E-state index contributed by atoms with van der Waals surface area (Å²) in [5, 5.41) is 0. The standard InChI is InChI=1S/C28H43FO/c1-3-5-7-20-8-14-26-23(17-20)12-15-27(28(26)29)24-10-9-22-19-25(30-16-6-4-2)13-11-21(22)18-24/h12,15,20-22,24-25H,3-11,13-14,16-19H2,1-2H3. The van der Waals surface area contributed by atoms with Crippen molar-refractivity contribution < 1.29 is 9.13 Å². The maximum absolute atomic E-state index is 15.6. The zero-order valence-electron chi connectivity index (χ0n) is 19.4. The average molecular weight is 415 g/mol. The van der Waals surface area contributed by atoms with E-state index in [4.69, 9.17) is 4.74 Å². The van der Waals surface area contributed by atoms with E-state index in [2.05, 4.69) is 26.0 Å². The molecule has 0 radical (unpaired) electrons. The number of unbranched alkanes of at least 4 members (excludes halogenated alkanes) is 2. The van der Waals surface area contributed by atoms with E-state index < -0.39 is 0 Å². The Morgan fingerprint density at radius 1 is 0.933 bits per heavy atom. The summed E-state index contributed by atoms with van der Waals surface area (Å²) < 4.78 is 21.7. The lowest BCUT2D eigenvalue weighted by Gasteiger charge is -2.42. The average Bonchev–Trinajstić information content (AvgIpc) is 2.78. The van der Waals surface area contributed by atoms with Gasteiger partial charge in [0.15, 0.2) is 0 Å². The molecule has 0 heterocycles. The molecule has 0 amide bonds. The Kier molecular flexibility index (Phi) is 7.90. The second-order valence-electron chi connectivity index (χ2n) is 10.5. The van der Waals surface area contributed by atoms with E-state index in [-0.39, 0.29) is 5.82 Å². The van der Waals surface area contributed by atoms with Gasteiger partial charge in [-0.3, -0.25) is 0 Å². The van der Waals surface area contributed by atoms with Crippen molar-refractivity contribution in [1.82, 2.24) is 0 Å². The van der Waals surface area contributed by atoms with Gasteiger partial charge in [-0.2, -0.15) is 0 Å². The van der Waals surface area contributed by atoms with Crippen molar-refractivity contribution in [1.29, 1.82) is 0 Å². The van der Waals surface area contributed by atoms with Crippen molar-refractivity contribution in [3.63, 3.8) is 0 Å². The Morgan fingerprint density at radius 3 is 2.57 bits per heavy atom. The van der Waals surface area contributed by atoms with Crippen LogP contribution >= 0.6 is 0 Å². The summed E-state index contributed by atoms with van der Waals surface area (Å²) in [6.07, 6.45) is 17.4. The molecule has 0 saturated heterocycles. The minimum atomic E-state index is 0.168. The zero-order chi connectivity index (χ0) is 20.9. The molecule has 1 aromatic rings. The Morgan fingerprint density at radius 2 is 1.73 bits per heavy atom. The first-order chi connectivity index (χ1) is 14.7. The Balaban J connectivity index is 1.36. The molecule has 0 aliphatic heterocycles. The highest BCUT2D eigenvalue weighted by molar-refractivity contribution is 5.38. The molecular weight excluding hydrogens is 371 g/mol. The number of hydrogen-bond acceptors (Lipinski definition) is 1. The fraction of sp³-hybridized carbons (Fsp3) is 0.786. The Hall–Kier alpha value is -0.890. The maximum Gasteiger partial charge on any atom is 0.130 e. The van der Waals surface area contributed by atoms with Crippen molar-refractivity contribution in [3.05, 3.63) is 34.6 Å². The van der Waals surface area contributed by atoms with Gasteiger partial charge in [-0.1, -0.05) is 51.7 Å². The Bertz CT molecular complexity index is 683. The van der Waals surface area contributed by atoms with Gasteiger partial charge in [0.2, 0.25) is 0 Å². The van der Waals surface area contributed by atoms with Gasteiger partial charge < -0.3 is 4.74 Å². The van der Waals surface area contributed by atoms with Crippen LogP contribution in [0.5, 0.6) is 0 Å². The molecule has 5 unspecified atom stereocenters. The number of hydrogen-bond donors (Lipinski definition) is 0. The molecular formula is C28H43FO. The fourth-order valence-corrected chi connectivity index (χ4v) is 6.63. The summed E-state index contributed by atoms with van der Waals surface area (Å²) in [7, 11) is 0. The summed E-state index contributed by atoms with van der Waals surface area (Å²) in [5.41, 5.74) is 3.41. The minimum Gasteiger partial charge on any atom is -0.378 e. The van der Waals surface area contributed by atoms with E-state index in [1.54, 1.807) is 0 Å². The van der Waals surface area contributed by atoms with Crippen LogP contribution < -0.4 is 0 Å². The molecule has 1 aromatic carbocycles. The first-order valence-electron chi connectivity index (χ1n) is 13.1. The van der Waals surface area contributed by atoms with Crippen LogP contribution in [0, 0.1) is 23.6 Å². The Labute approximate surface area is 184 Å². The molecule has 168 valence electrons. The van der Waals surface area contributed by atoms with E-state index in [0.29, 0.717) is 12.0 Å². The smallest absolute Gasteiger partial charge is 0.130 e. The highest BCUT2D eigenvalue weighted by Gasteiger charge is 2.37. The summed E-state index contributed by atoms with van der Waals surface area (Å²) in [6.45, 7) is 5.43. The highest BCUT2D eigenvalue weighted by atomic mass is 19.1. The van der Waals surface area contributed by atoms with Gasteiger partial charge in [-0.15, -0.1) is 0 Å². The fourth-order valence-electron chi connectivity index (χ4n) is 6.63. The van der Waals surface area contributed by atoms with E-state index >= 15 is 4.39 Å². The molecule has 1 nitrogen and oxygen atoms in total. The van der Waals surface area contributed by atoms with Crippen LogP contribution in [0.25, 0.3) is 0 Å². The predicted octanol–water partition coefficient (Wildman–Crippen LogP) is 7.99. The van der Waals surface area contributed by atoms with Crippen LogP contribution in [-0.2, 0) is 17.6 Å². The first-order valence-corrected chi connectivity index (χ1v) is 13.1. The molecule has 0 bridgehead atoms. The SMILES string of the molecule is CCCCOC1CCC2CC(c3ccc4c(c3F)CCC(CCCC)C4)CCC2C1. The minimum absolute atomic E-state index is 0.168. The van der Waals surface area contributed by atoms with E-state index in [9.17, 15) is 0 Å². The number of fused-ring (bicyclic) bond motifs is 2. The van der Waals surface area contributed by atoms with Gasteiger partial charge in [-0.25, -0.2) is 4.39 Å². The van der Waals surface area contributed by atoms with Crippen molar-refractivity contribution in [2.75, 3.05) is 6.61 Å². The molecule has 2 fully saturated rings. The van der Waals surface area contributed by atoms with Crippen LogP contribution in [0.15, 0.2) is 12.1 Å². The van der Waals surface area contributed by atoms with E-state index in [1.807, 2.05) is 0 Å². The van der Waals surface area contributed by atoms with Crippen LogP contribution in [0.3, 0.4) is 0 Å². The number of halogens is 1. The van der Waals surface area contributed by atoms with Gasteiger partial charge in [-0.05, 0) is 105 Å². The van der Waals surface area contributed by atoms with Crippen LogP contribution in [0.1, 0.15) is 114 Å². The number of ether oxygens (including phenoxy) is 1. The highest BCUT2D eigenvalue weighted by Crippen LogP contribution is 2.47. The quantitative estimate of drug-likeness (QED) is 0.392. The van der Waals surface area contributed by atoms with Crippen LogP contribution in [0.4, 0.5) is 4.39 Å². The predicted molar refractivity (Wildman–Crippen MR) is 124 cm³/mol. The van der Waals surface area contributed by atoms with E-state index in [1.165, 1.54) is 76.2 Å². The molecule has 0 aromatic heterocycles. The molecule has 3 aliphatic rings. The van der Waals surface area contributed by atoms with Crippen molar-refractivity contribution >= 4 is 0 Å². The van der Waals surface area contributed by atoms with Crippen LogP contribution in [-0.4, -0.2) is 12.7 Å². The van der Waals surface area contributed by atoms with Crippen molar-refractivity contribution in [3.8, 4) is 0 Å². The zero-order valence-corrected chi connectivity index (χ0v) is 19.4. The molecule has 4 rings (SSSR count). The molecule has 0 spiro atoms. The summed E-state index contributed by atoms with van der Waals surface area (Å²) in [6, 6.07) is 4.46. The van der Waals surface area contributed by atoms with Crippen LogP contribution in [0.2, 0.25) is 0 Å². The number of rotatable bonds is 8. The van der Waals surface area contributed by atoms with E-state index in [0.717, 1.165) is 54.7 Å². The second kappa shape index (κ2) is 10.6. The lowest BCUT2D eigenvalue weighted by atomic mass is 9.65. The van der Waals surface area contributed by atoms with Gasteiger partial charge in [0.05, 0.1) is 6.10 Å². The summed E-state index contributed by atoms with van der Waals surface area (Å²) in [4.78, 5) is 0. The lowest BCUT2D eigenvalue weighted by molar-refractivity contribution is -0.0161. The van der Waals surface area contributed by atoms with Crippen molar-refractivity contribution in [2.45, 2.75) is 116 Å². The summed E-state index contributed by atoms with van der Waals surface area (Å²) >= 11 is 0. The third-order valence-electron chi connectivity index (χ3n) is 8.50. The first kappa shape index (κ1) is 22.3. The number of benzene rings is 1. The van der Waals surface area contributed by atoms with Crippen molar-refractivity contribution in [2.24, 2.45) is 17.8 Å². The molecule has 2 saturated carbocycles. The van der Waals surface area contributed by atoms with Gasteiger partial charge in [0.25, 0.3) is 0 Å². The third kappa shape index (κ3) is 5.12. The molecule has 30 heavy (non-hydrogen) atoms. The topological polar surface area (TPSA) is 9.23 Å². The third-order valence-corrected chi connectivity index (χ3v) is 8.50. The molecule has 5 atom stereocenters. The largest absolute Gasteiger partial charge is 0.378 e. The van der Waals surface area contributed by atoms with Gasteiger partial charge in [0, 0.05) is 6.61 Å². The molecule has 2 heteroatoms.